The summed E-state index contributed by atoms with van der Waals surface area (Å²) in [7, 11) is 0. The maximum atomic E-state index is 11.9. The van der Waals surface area contributed by atoms with Gasteiger partial charge in [-0.25, -0.2) is 0 Å². The van der Waals surface area contributed by atoms with Crippen LogP contribution in [0.1, 0.15) is 37.0 Å². The number of benzene rings is 1. The van der Waals surface area contributed by atoms with E-state index in [2.05, 4.69) is 18.7 Å². The smallest absolute Gasteiger partial charge is 0.164 e. The van der Waals surface area contributed by atoms with Crippen LogP contribution in [-0.2, 0) is 0 Å². The fraction of sp³-hybridized carbons (Fsp3) is 0.533. The first-order valence-corrected chi connectivity index (χ1v) is 6.37. The van der Waals surface area contributed by atoms with Gasteiger partial charge in [0, 0.05) is 25.1 Å². The van der Waals surface area contributed by atoms with Gasteiger partial charge in [0.2, 0.25) is 0 Å². The van der Waals surface area contributed by atoms with Crippen LogP contribution >= 0.6 is 0 Å². The number of ketones is 1. The average Bonchev–Trinajstić information content (AvgIpc) is 2.67. The Bertz CT molecular complexity index is 383. The number of hydrogen-bond donors (Lipinski definition) is 0. The third kappa shape index (κ3) is 3.40. The van der Waals surface area contributed by atoms with Gasteiger partial charge in [-0.2, -0.15) is 0 Å². The predicted molar refractivity (Wildman–Crippen MR) is 70.2 cm³/mol. The SMILES string of the molecule is CC1(C)CCN(CCC(=O)c2ccccc2)C1. The van der Waals surface area contributed by atoms with Crippen molar-refractivity contribution in [3.05, 3.63) is 35.9 Å². The molecule has 0 saturated carbocycles. The highest BCUT2D eigenvalue weighted by Crippen LogP contribution is 2.28. The second-order valence-corrected chi connectivity index (χ2v) is 5.73. The predicted octanol–water partition coefficient (Wildman–Crippen LogP) is 2.99. The second kappa shape index (κ2) is 5.01. The molecule has 2 nitrogen and oxygen atoms in total. The van der Waals surface area contributed by atoms with Crippen LogP contribution in [0.4, 0.5) is 0 Å². The van der Waals surface area contributed by atoms with Gasteiger partial charge in [0.15, 0.2) is 5.78 Å². The van der Waals surface area contributed by atoms with Crippen molar-refractivity contribution >= 4 is 5.78 Å². The molecule has 1 aliphatic rings. The Kier molecular flexibility index (Phi) is 3.63. The summed E-state index contributed by atoms with van der Waals surface area (Å²) < 4.78 is 0. The quantitative estimate of drug-likeness (QED) is 0.742. The molecule has 2 rings (SSSR count). The largest absolute Gasteiger partial charge is 0.302 e. The summed E-state index contributed by atoms with van der Waals surface area (Å²) >= 11 is 0. The lowest BCUT2D eigenvalue weighted by atomic mass is 9.93. The number of nitrogens with zero attached hydrogens (tertiary/aromatic N) is 1. The lowest BCUT2D eigenvalue weighted by molar-refractivity contribution is 0.0967. The molecule has 1 aliphatic heterocycles. The molecule has 0 aromatic heterocycles. The van der Waals surface area contributed by atoms with Gasteiger partial charge in [-0.1, -0.05) is 44.2 Å². The van der Waals surface area contributed by atoms with Gasteiger partial charge < -0.3 is 4.90 Å². The highest BCUT2D eigenvalue weighted by atomic mass is 16.1. The molecule has 0 radical (unpaired) electrons. The fourth-order valence-electron chi connectivity index (χ4n) is 2.44. The summed E-state index contributed by atoms with van der Waals surface area (Å²) in [6, 6.07) is 9.59. The molecule has 1 heterocycles. The molecule has 17 heavy (non-hydrogen) atoms. The molecule has 1 aromatic carbocycles. The molecule has 0 N–H and O–H groups in total. The minimum atomic E-state index is 0.260. The molecule has 1 aromatic rings. The number of likely N-dealkylation sites (tertiary alicyclic amines) is 1. The maximum Gasteiger partial charge on any atom is 0.164 e. The number of rotatable bonds is 4. The van der Waals surface area contributed by atoms with E-state index in [9.17, 15) is 4.79 Å². The van der Waals surface area contributed by atoms with Crippen molar-refractivity contribution in [3.8, 4) is 0 Å². The lowest BCUT2D eigenvalue weighted by Crippen LogP contribution is -2.25. The van der Waals surface area contributed by atoms with Crippen LogP contribution in [0.2, 0.25) is 0 Å². The van der Waals surface area contributed by atoms with Crippen molar-refractivity contribution in [3.63, 3.8) is 0 Å². The Labute approximate surface area is 104 Å². The molecule has 0 spiro atoms. The number of Topliss-reactive ketones (excluding diaryl/α,β-unsaturated/α-hetero) is 1. The van der Waals surface area contributed by atoms with Crippen molar-refractivity contribution in [2.75, 3.05) is 19.6 Å². The first-order valence-electron chi connectivity index (χ1n) is 6.37. The second-order valence-electron chi connectivity index (χ2n) is 5.73. The van der Waals surface area contributed by atoms with E-state index >= 15 is 0 Å². The van der Waals surface area contributed by atoms with Gasteiger partial charge in [0.05, 0.1) is 0 Å². The van der Waals surface area contributed by atoms with Crippen molar-refractivity contribution in [1.82, 2.24) is 4.90 Å². The topological polar surface area (TPSA) is 20.3 Å². The van der Waals surface area contributed by atoms with Crippen LogP contribution in [0.15, 0.2) is 30.3 Å². The molecular formula is C15H21NO. The summed E-state index contributed by atoms with van der Waals surface area (Å²) in [5.41, 5.74) is 1.27. The highest BCUT2D eigenvalue weighted by molar-refractivity contribution is 5.96. The van der Waals surface area contributed by atoms with Crippen LogP contribution in [-0.4, -0.2) is 30.3 Å². The molecule has 0 aliphatic carbocycles. The Morgan fingerprint density at radius 3 is 2.59 bits per heavy atom. The molecule has 0 amide bonds. The Morgan fingerprint density at radius 2 is 2.00 bits per heavy atom. The van der Waals surface area contributed by atoms with Crippen LogP contribution in [0.25, 0.3) is 0 Å². The normalized spacial score (nSPS) is 19.4. The van der Waals surface area contributed by atoms with Gasteiger partial charge in [0.1, 0.15) is 0 Å². The minimum absolute atomic E-state index is 0.260. The molecule has 92 valence electrons. The third-order valence-corrected chi connectivity index (χ3v) is 3.51. The number of hydrogen-bond acceptors (Lipinski definition) is 2. The van der Waals surface area contributed by atoms with Gasteiger partial charge in [-0.15, -0.1) is 0 Å². The molecule has 0 atom stereocenters. The van der Waals surface area contributed by atoms with E-state index in [0.717, 1.165) is 25.2 Å². The summed E-state index contributed by atoms with van der Waals surface area (Å²) in [4.78, 5) is 14.3. The van der Waals surface area contributed by atoms with Crippen LogP contribution in [0.5, 0.6) is 0 Å². The molecule has 2 heteroatoms. The zero-order valence-electron chi connectivity index (χ0n) is 10.8. The van der Waals surface area contributed by atoms with E-state index in [1.165, 1.54) is 6.42 Å². The first-order chi connectivity index (χ1) is 8.07. The van der Waals surface area contributed by atoms with Gasteiger partial charge >= 0.3 is 0 Å². The summed E-state index contributed by atoms with van der Waals surface area (Å²) in [6.07, 6.45) is 1.88. The maximum absolute atomic E-state index is 11.9. The minimum Gasteiger partial charge on any atom is -0.302 e. The van der Waals surface area contributed by atoms with E-state index in [0.29, 0.717) is 11.8 Å². The number of carbonyl (C=O) groups excluding carboxylic acids is 1. The van der Waals surface area contributed by atoms with Crippen LogP contribution in [0, 0.1) is 5.41 Å². The van der Waals surface area contributed by atoms with Crippen molar-refractivity contribution < 1.29 is 4.79 Å². The van der Waals surface area contributed by atoms with Crippen LogP contribution in [0.3, 0.4) is 0 Å². The van der Waals surface area contributed by atoms with Gasteiger partial charge in [-0.3, -0.25) is 4.79 Å². The monoisotopic (exact) mass is 231 g/mol. The fourth-order valence-corrected chi connectivity index (χ4v) is 2.44. The standard InChI is InChI=1S/C15H21NO/c1-15(2)9-11-16(12-15)10-8-14(17)13-6-4-3-5-7-13/h3-7H,8-12H2,1-2H3. The molecule has 0 bridgehead atoms. The molecule has 1 fully saturated rings. The zero-order chi connectivity index (χ0) is 12.3. The van der Waals surface area contributed by atoms with Gasteiger partial charge in [0.25, 0.3) is 0 Å². The summed E-state index contributed by atoms with van der Waals surface area (Å²) in [5, 5.41) is 0. The first kappa shape index (κ1) is 12.3. The van der Waals surface area contributed by atoms with E-state index in [4.69, 9.17) is 0 Å². The summed E-state index contributed by atoms with van der Waals surface area (Å²) in [6.45, 7) is 7.75. The van der Waals surface area contributed by atoms with Gasteiger partial charge in [-0.05, 0) is 18.4 Å². The molecular weight excluding hydrogens is 210 g/mol. The third-order valence-electron chi connectivity index (χ3n) is 3.51. The van der Waals surface area contributed by atoms with Crippen molar-refractivity contribution in [2.45, 2.75) is 26.7 Å². The average molecular weight is 231 g/mol. The van der Waals surface area contributed by atoms with E-state index in [1.807, 2.05) is 30.3 Å². The number of carbonyl (C=O) groups is 1. The van der Waals surface area contributed by atoms with E-state index < -0.39 is 0 Å². The van der Waals surface area contributed by atoms with E-state index in [-0.39, 0.29) is 5.78 Å². The highest BCUT2D eigenvalue weighted by Gasteiger charge is 2.28. The Morgan fingerprint density at radius 1 is 1.29 bits per heavy atom. The zero-order valence-corrected chi connectivity index (χ0v) is 10.8. The summed E-state index contributed by atoms with van der Waals surface area (Å²) in [5.74, 6) is 0.260. The lowest BCUT2D eigenvalue weighted by Gasteiger charge is -2.19. The van der Waals surface area contributed by atoms with Crippen molar-refractivity contribution in [2.24, 2.45) is 5.41 Å². The molecule has 1 saturated heterocycles. The van der Waals surface area contributed by atoms with Crippen molar-refractivity contribution in [1.29, 1.82) is 0 Å². The Balaban J connectivity index is 1.82. The Hall–Kier alpha value is -1.15. The molecule has 0 unspecified atom stereocenters. The van der Waals surface area contributed by atoms with E-state index in [1.54, 1.807) is 0 Å². The van der Waals surface area contributed by atoms with Crippen LogP contribution < -0.4 is 0 Å².